The van der Waals surface area contributed by atoms with Gasteiger partial charge < -0.3 is 15.6 Å². The zero-order chi connectivity index (χ0) is 12.4. The maximum Gasteiger partial charge on any atom is 0.220 e. The lowest BCUT2D eigenvalue weighted by Crippen LogP contribution is -2.35. The minimum Gasteiger partial charge on any atom is -0.361 e. The van der Waals surface area contributed by atoms with Crippen LogP contribution in [0.25, 0.3) is 10.9 Å². The third-order valence-corrected chi connectivity index (χ3v) is 3.42. The van der Waals surface area contributed by atoms with Gasteiger partial charge in [-0.1, -0.05) is 12.1 Å². The van der Waals surface area contributed by atoms with Crippen molar-refractivity contribution < 1.29 is 4.79 Å². The van der Waals surface area contributed by atoms with Gasteiger partial charge in [0.25, 0.3) is 0 Å². The van der Waals surface area contributed by atoms with Crippen molar-refractivity contribution >= 4 is 16.8 Å². The molecular formula is C14H17N3O. The Bertz CT molecular complexity index is 561. The van der Waals surface area contributed by atoms with Gasteiger partial charge in [0.1, 0.15) is 0 Å². The Hall–Kier alpha value is -1.81. The molecule has 1 fully saturated rings. The predicted molar refractivity (Wildman–Crippen MR) is 71.2 cm³/mol. The van der Waals surface area contributed by atoms with Crippen molar-refractivity contribution in [2.24, 2.45) is 0 Å². The first-order valence-electron chi connectivity index (χ1n) is 6.37. The molecular weight excluding hydrogens is 226 g/mol. The molecule has 0 bridgehead atoms. The molecule has 0 saturated carbocycles. The zero-order valence-corrected chi connectivity index (χ0v) is 10.2. The molecule has 2 aromatic rings. The van der Waals surface area contributed by atoms with E-state index in [-0.39, 0.29) is 5.91 Å². The molecule has 1 aromatic carbocycles. The summed E-state index contributed by atoms with van der Waals surface area (Å²) in [5, 5.41) is 7.59. The average molecular weight is 243 g/mol. The van der Waals surface area contributed by atoms with Gasteiger partial charge in [-0.3, -0.25) is 4.79 Å². The van der Waals surface area contributed by atoms with Crippen LogP contribution in [0.4, 0.5) is 0 Å². The number of hydrogen-bond donors (Lipinski definition) is 3. The number of carbonyl (C=O) groups excluding carboxylic acids is 1. The van der Waals surface area contributed by atoms with Crippen molar-refractivity contribution in [2.45, 2.75) is 25.4 Å². The van der Waals surface area contributed by atoms with Gasteiger partial charge in [0.2, 0.25) is 5.91 Å². The van der Waals surface area contributed by atoms with Gasteiger partial charge in [-0.15, -0.1) is 0 Å². The van der Waals surface area contributed by atoms with E-state index < -0.39 is 0 Å². The van der Waals surface area contributed by atoms with Gasteiger partial charge >= 0.3 is 0 Å². The van der Waals surface area contributed by atoms with Crippen molar-refractivity contribution in [3.05, 3.63) is 36.0 Å². The van der Waals surface area contributed by atoms with Gasteiger partial charge in [-0.25, -0.2) is 0 Å². The number of nitrogens with one attached hydrogen (secondary N) is 3. The number of amides is 1. The lowest BCUT2D eigenvalue weighted by molar-refractivity contribution is -0.119. The lowest BCUT2D eigenvalue weighted by atomic mass is 10.1. The zero-order valence-electron chi connectivity index (χ0n) is 10.2. The van der Waals surface area contributed by atoms with Gasteiger partial charge in [-0.2, -0.15) is 0 Å². The Morgan fingerprint density at radius 2 is 2.28 bits per heavy atom. The van der Waals surface area contributed by atoms with Crippen molar-refractivity contribution in [3.63, 3.8) is 0 Å². The molecule has 1 saturated heterocycles. The number of carbonyl (C=O) groups is 1. The van der Waals surface area contributed by atoms with Crippen LogP contribution in [0.3, 0.4) is 0 Å². The molecule has 1 aliphatic rings. The summed E-state index contributed by atoms with van der Waals surface area (Å²) in [4.78, 5) is 14.3. The van der Waals surface area contributed by atoms with E-state index in [1.165, 1.54) is 16.5 Å². The summed E-state index contributed by atoms with van der Waals surface area (Å²) < 4.78 is 0. The van der Waals surface area contributed by atoms with Crippen molar-refractivity contribution in [1.29, 1.82) is 0 Å². The van der Waals surface area contributed by atoms with E-state index in [0.29, 0.717) is 12.5 Å². The highest BCUT2D eigenvalue weighted by molar-refractivity contribution is 5.80. The van der Waals surface area contributed by atoms with E-state index in [1.54, 1.807) is 0 Å². The highest BCUT2D eigenvalue weighted by Crippen LogP contribution is 2.14. The molecule has 1 atom stereocenters. The number of aromatic amines is 1. The van der Waals surface area contributed by atoms with E-state index in [4.69, 9.17) is 0 Å². The topological polar surface area (TPSA) is 56.9 Å². The largest absolute Gasteiger partial charge is 0.361 e. The molecule has 1 amide bonds. The summed E-state index contributed by atoms with van der Waals surface area (Å²) in [5.74, 6) is 0.176. The molecule has 3 rings (SSSR count). The third-order valence-electron chi connectivity index (χ3n) is 3.42. The Morgan fingerprint density at radius 3 is 3.11 bits per heavy atom. The second-order valence-electron chi connectivity index (χ2n) is 4.83. The van der Waals surface area contributed by atoms with E-state index in [9.17, 15) is 4.79 Å². The Labute approximate surface area is 106 Å². The molecule has 0 radical (unpaired) electrons. The van der Waals surface area contributed by atoms with Crippen molar-refractivity contribution in [1.82, 2.24) is 15.6 Å². The second kappa shape index (κ2) is 4.82. The molecule has 1 aliphatic heterocycles. The smallest absolute Gasteiger partial charge is 0.220 e. The molecule has 3 N–H and O–H groups in total. The monoisotopic (exact) mass is 243 g/mol. The fourth-order valence-electron chi connectivity index (χ4n) is 2.43. The van der Waals surface area contributed by atoms with Crippen molar-refractivity contribution in [2.75, 3.05) is 6.54 Å². The number of aromatic nitrogens is 1. The van der Waals surface area contributed by atoms with E-state index in [2.05, 4.69) is 39.9 Å². The quantitative estimate of drug-likeness (QED) is 0.763. The maximum absolute atomic E-state index is 11.1. The number of benzene rings is 1. The fraction of sp³-hybridized carbons (Fsp3) is 0.357. The fourth-order valence-corrected chi connectivity index (χ4v) is 2.43. The number of fused-ring (bicyclic) bond motifs is 1. The van der Waals surface area contributed by atoms with Crippen molar-refractivity contribution in [3.8, 4) is 0 Å². The summed E-state index contributed by atoms with van der Waals surface area (Å²) in [5.41, 5.74) is 2.43. The Kier molecular flexibility index (Phi) is 3.02. The molecule has 1 aromatic heterocycles. The highest BCUT2D eigenvalue weighted by atomic mass is 16.1. The van der Waals surface area contributed by atoms with Crippen LogP contribution in [0, 0.1) is 0 Å². The molecule has 18 heavy (non-hydrogen) atoms. The average Bonchev–Trinajstić information content (AvgIpc) is 2.97. The molecule has 4 heteroatoms. The number of hydrogen-bond acceptors (Lipinski definition) is 2. The summed E-state index contributed by atoms with van der Waals surface area (Å²) in [7, 11) is 0. The van der Waals surface area contributed by atoms with Gasteiger partial charge in [-0.05, 0) is 29.5 Å². The number of rotatable bonds is 4. The summed E-state index contributed by atoms with van der Waals surface area (Å²) in [6.45, 7) is 1.68. The first-order valence-corrected chi connectivity index (χ1v) is 6.37. The second-order valence-corrected chi connectivity index (χ2v) is 4.83. The molecule has 94 valence electrons. The first kappa shape index (κ1) is 11.3. The minimum absolute atomic E-state index is 0.176. The first-order chi connectivity index (χ1) is 8.81. The molecule has 0 spiro atoms. The summed E-state index contributed by atoms with van der Waals surface area (Å²) in [6, 6.07) is 8.79. The molecule has 0 aliphatic carbocycles. The molecule has 1 unspecified atom stereocenters. The van der Waals surface area contributed by atoms with Crippen LogP contribution < -0.4 is 10.6 Å². The van der Waals surface area contributed by atoms with E-state index in [0.717, 1.165) is 19.5 Å². The Balaban J connectivity index is 1.54. The highest BCUT2D eigenvalue weighted by Gasteiger charge is 2.19. The normalized spacial score (nSPS) is 19.3. The summed E-state index contributed by atoms with van der Waals surface area (Å²) >= 11 is 0. The summed E-state index contributed by atoms with van der Waals surface area (Å²) in [6.07, 6.45) is 3.57. The number of H-pyrrole nitrogens is 1. The van der Waals surface area contributed by atoms with E-state index >= 15 is 0 Å². The minimum atomic E-state index is 0.176. The van der Waals surface area contributed by atoms with Crippen LogP contribution in [0.5, 0.6) is 0 Å². The van der Waals surface area contributed by atoms with Crippen LogP contribution in [0.2, 0.25) is 0 Å². The Morgan fingerprint density at radius 1 is 1.33 bits per heavy atom. The van der Waals surface area contributed by atoms with Gasteiger partial charge in [0.05, 0.1) is 0 Å². The predicted octanol–water partition coefficient (Wildman–Crippen LogP) is 1.54. The maximum atomic E-state index is 11.1. The molecule has 2 heterocycles. The van der Waals surface area contributed by atoms with Gasteiger partial charge in [0.15, 0.2) is 0 Å². The molecule has 4 nitrogen and oxygen atoms in total. The van der Waals surface area contributed by atoms with Crippen LogP contribution in [-0.4, -0.2) is 23.5 Å². The SMILES string of the molecule is O=C1CCC(CNCc2ccc3cc[nH]c3c2)N1. The van der Waals surface area contributed by atoms with Crippen LogP contribution >= 0.6 is 0 Å². The van der Waals surface area contributed by atoms with Crippen LogP contribution in [-0.2, 0) is 11.3 Å². The van der Waals surface area contributed by atoms with Crippen LogP contribution in [0.1, 0.15) is 18.4 Å². The lowest BCUT2D eigenvalue weighted by Gasteiger charge is -2.11. The third kappa shape index (κ3) is 2.38. The van der Waals surface area contributed by atoms with E-state index in [1.807, 2.05) is 6.20 Å². The standard InChI is InChI=1S/C14H17N3O/c18-14-4-3-12(17-14)9-15-8-10-1-2-11-5-6-16-13(11)7-10/h1-2,5-7,12,15-16H,3-4,8-9H2,(H,17,18). The van der Waals surface area contributed by atoms with Crippen LogP contribution in [0.15, 0.2) is 30.5 Å². The van der Waals surface area contributed by atoms with Gasteiger partial charge in [0, 0.05) is 37.3 Å².